The third-order valence-electron chi connectivity index (χ3n) is 14.1. The molecule has 0 atom stereocenters. The first-order valence-corrected chi connectivity index (χ1v) is 22.8. The van der Waals surface area contributed by atoms with Crippen molar-refractivity contribution >= 4 is 33.3 Å². The molecule has 0 unspecified atom stereocenters. The topological polar surface area (TPSA) is 43.3 Å². The van der Waals surface area contributed by atoms with Gasteiger partial charge in [-0.05, 0) is 132 Å². The molecule has 3 nitrogen and oxygen atoms in total. The number of para-hydroxylation sites is 1. The second kappa shape index (κ2) is 15.0. The van der Waals surface area contributed by atoms with Gasteiger partial charge in [-0.15, -0.1) is 0 Å². The van der Waals surface area contributed by atoms with Crippen LogP contribution in [0.2, 0.25) is 0 Å². The van der Waals surface area contributed by atoms with Crippen molar-refractivity contribution in [3.8, 4) is 50.2 Å². The van der Waals surface area contributed by atoms with Gasteiger partial charge in [0.2, 0.25) is 0 Å². The zero-order chi connectivity index (χ0) is 43.8. The van der Waals surface area contributed by atoms with Gasteiger partial charge in [-0.1, -0.05) is 182 Å². The molecule has 0 radical (unpaired) electrons. The van der Waals surface area contributed by atoms with Gasteiger partial charge in [-0.3, -0.25) is 0 Å². The molecule has 0 bridgehead atoms. The molecule has 0 spiro atoms. The summed E-state index contributed by atoms with van der Waals surface area (Å²) in [6, 6.07) is 86.2. The number of rotatable bonds is 7. The minimum absolute atomic E-state index is 0.470. The lowest BCUT2D eigenvalue weighted by Crippen LogP contribution is -2.28. The zero-order valence-corrected chi connectivity index (χ0v) is 36.2. The van der Waals surface area contributed by atoms with Crippen LogP contribution in [-0.2, 0) is 11.8 Å². The molecule has 2 aliphatic rings. The summed E-state index contributed by atoms with van der Waals surface area (Å²) in [6.07, 6.45) is 0.861. The number of benzene rings is 10. The van der Waals surface area contributed by atoms with E-state index in [2.05, 4.69) is 241 Å². The molecule has 11 aromatic rings. The molecule has 66 heavy (non-hydrogen) atoms. The summed E-state index contributed by atoms with van der Waals surface area (Å²) in [5.41, 5.74) is 29.0. The van der Waals surface area contributed by atoms with E-state index in [1.54, 1.807) is 0 Å². The zero-order valence-electron chi connectivity index (χ0n) is 36.2. The third-order valence-corrected chi connectivity index (χ3v) is 14.1. The summed E-state index contributed by atoms with van der Waals surface area (Å²) in [6.45, 7) is 0. The highest BCUT2D eigenvalue weighted by Crippen LogP contribution is 2.57. The lowest BCUT2D eigenvalue weighted by Gasteiger charge is -2.34. The predicted octanol–water partition coefficient (Wildman–Crippen LogP) is 15.1. The van der Waals surface area contributed by atoms with Crippen LogP contribution in [0.25, 0.3) is 72.0 Å². The van der Waals surface area contributed by atoms with Gasteiger partial charge in [0.25, 0.3) is 0 Å². The van der Waals surface area contributed by atoms with Crippen molar-refractivity contribution in [3.05, 3.63) is 276 Å². The van der Waals surface area contributed by atoms with Crippen molar-refractivity contribution in [2.24, 2.45) is 10.7 Å². The summed E-state index contributed by atoms with van der Waals surface area (Å²) in [4.78, 5) is 5.05. The Morgan fingerprint density at radius 3 is 1.68 bits per heavy atom. The quantitative estimate of drug-likeness (QED) is 0.126. The van der Waals surface area contributed by atoms with Crippen LogP contribution < -0.4 is 5.73 Å². The largest absolute Gasteiger partial charge is 0.383 e. The number of hydrogen-bond donors (Lipinski definition) is 1. The van der Waals surface area contributed by atoms with Crippen molar-refractivity contribution in [2.75, 3.05) is 0 Å². The molecule has 0 saturated carbocycles. The summed E-state index contributed by atoms with van der Waals surface area (Å²) in [5, 5.41) is 2.39. The lowest BCUT2D eigenvalue weighted by atomic mass is 9.67. The third kappa shape index (κ3) is 5.80. The molecule has 1 heterocycles. The Labute approximate surface area is 384 Å². The summed E-state index contributed by atoms with van der Waals surface area (Å²) in [7, 11) is 0. The number of aliphatic imine (C=N–C) groups is 1. The Bertz CT molecular complexity index is 3690. The summed E-state index contributed by atoms with van der Waals surface area (Å²) >= 11 is 0. The highest BCUT2D eigenvalue weighted by atomic mass is 15.0. The second-order valence-corrected chi connectivity index (χ2v) is 17.6. The monoisotopic (exact) mass is 841 g/mol. The highest BCUT2D eigenvalue weighted by Gasteiger charge is 2.46. The number of hydrogen-bond acceptors (Lipinski definition) is 1. The minimum atomic E-state index is -0.470. The van der Waals surface area contributed by atoms with Crippen molar-refractivity contribution in [2.45, 2.75) is 11.8 Å². The smallest absolute Gasteiger partial charge is 0.131 e. The first-order chi connectivity index (χ1) is 32.6. The lowest BCUT2D eigenvalue weighted by molar-refractivity contribution is 0.769. The molecule has 13 rings (SSSR count). The summed E-state index contributed by atoms with van der Waals surface area (Å²) in [5.74, 6) is 0.508. The van der Waals surface area contributed by atoms with Crippen molar-refractivity contribution < 1.29 is 0 Å². The average molecular weight is 842 g/mol. The van der Waals surface area contributed by atoms with E-state index in [0.717, 1.165) is 45.5 Å². The van der Waals surface area contributed by atoms with E-state index in [9.17, 15) is 0 Å². The molecule has 2 aliphatic carbocycles. The molecule has 1 aromatic heterocycles. The van der Waals surface area contributed by atoms with Crippen molar-refractivity contribution in [1.29, 1.82) is 0 Å². The number of aromatic nitrogens is 1. The van der Waals surface area contributed by atoms with E-state index in [4.69, 9.17) is 10.7 Å². The number of fused-ring (bicyclic) bond motifs is 9. The van der Waals surface area contributed by atoms with Crippen molar-refractivity contribution in [1.82, 2.24) is 4.57 Å². The molecule has 0 aliphatic heterocycles. The second-order valence-electron chi connectivity index (χ2n) is 17.6. The average Bonchev–Trinajstić information content (AvgIpc) is 4.03. The summed E-state index contributed by atoms with van der Waals surface area (Å²) < 4.78 is 2.39. The van der Waals surface area contributed by atoms with Crippen molar-refractivity contribution in [3.63, 3.8) is 0 Å². The Morgan fingerprint density at radius 1 is 0.424 bits per heavy atom. The molecular weight excluding hydrogens is 799 g/mol. The van der Waals surface area contributed by atoms with Gasteiger partial charge in [-0.25, -0.2) is 4.99 Å². The Hall–Kier alpha value is -8.53. The fourth-order valence-corrected chi connectivity index (χ4v) is 11.2. The minimum Gasteiger partial charge on any atom is -0.383 e. The predicted molar refractivity (Wildman–Crippen MR) is 274 cm³/mol. The van der Waals surface area contributed by atoms with E-state index < -0.39 is 5.41 Å². The molecular formula is C63H43N3. The maximum atomic E-state index is 6.87. The highest BCUT2D eigenvalue weighted by molar-refractivity contribution is 6.12. The van der Waals surface area contributed by atoms with Crippen LogP contribution in [0.5, 0.6) is 0 Å². The SMILES string of the molecule is NC(=Nc1cccc2c1Cc1ccccc1-2)c1cccc(-c2ccc3c(c2)c2cc(-c4ccc5c(c4)C(c4ccccc4)(c4ccccc4)c4ccccc4-5)ccc2n3-c2ccccc2)c1. The Morgan fingerprint density at radius 2 is 0.970 bits per heavy atom. The molecule has 2 N–H and O–H groups in total. The number of nitrogens with two attached hydrogens (primary N) is 1. The van der Waals surface area contributed by atoms with Crippen LogP contribution in [0, 0.1) is 0 Å². The van der Waals surface area contributed by atoms with E-state index >= 15 is 0 Å². The molecule has 10 aromatic carbocycles. The first kappa shape index (κ1) is 38.0. The maximum Gasteiger partial charge on any atom is 0.131 e. The fraction of sp³-hybridized carbons (Fsp3) is 0.0317. The molecule has 310 valence electrons. The van der Waals surface area contributed by atoms with E-state index in [1.165, 1.54) is 77.5 Å². The van der Waals surface area contributed by atoms with Crippen LogP contribution in [0.1, 0.15) is 38.9 Å². The maximum absolute atomic E-state index is 6.87. The van der Waals surface area contributed by atoms with Crippen LogP contribution in [0.4, 0.5) is 5.69 Å². The normalized spacial score (nSPS) is 13.4. The van der Waals surface area contributed by atoms with Crippen LogP contribution in [0.3, 0.4) is 0 Å². The van der Waals surface area contributed by atoms with Gasteiger partial charge in [0.15, 0.2) is 0 Å². The van der Waals surface area contributed by atoms with Gasteiger partial charge in [0, 0.05) is 28.4 Å². The Kier molecular flexibility index (Phi) is 8.66. The number of nitrogens with zero attached hydrogens (tertiary/aromatic N) is 2. The molecule has 0 amide bonds. The van der Waals surface area contributed by atoms with Gasteiger partial charge >= 0.3 is 0 Å². The first-order valence-electron chi connectivity index (χ1n) is 22.8. The number of amidine groups is 1. The van der Waals surface area contributed by atoms with Gasteiger partial charge < -0.3 is 10.3 Å². The molecule has 3 heteroatoms. The van der Waals surface area contributed by atoms with Gasteiger partial charge in [0.1, 0.15) is 5.84 Å². The van der Waals surface area contributed by atoms with Crippen LogP contribution >= 0.6 is 0 Å². The standard InChI is InChI=1S/C63H43N3/c64-62(65-59-29-15-27-51-50-25-11-10-16-45(50)39-54(51)59)46-18-14-17-41(36-46)42-31-34-60-55(37-42)56-38-43(32-35-61(56)66(60)49-23-8-3-9-24-49)44-30-33-53-52-26-12-13-28-57(52)63(58(53)40-44,47-19-4-1-5-20-47)48-21-6-2-7-22-48/h1-38,40H,39H2,(H2,64,65). The van der Waals surface area contributed by atoms with Crippen LogP contribution in [-0.4, -0.2) is 10.4 Å². The van der Waals surface area contributed by atoms with Gasteiger partial charge in [-0.2, -0.15) is 0 Å². The molecule has 0 fully saturated rings. The van der Waals surface area contributed by atoms with E-state index in [1.807, 2.05) is 0 Å². The fourth-order valence-electron chi connectivity index (χ4n) is 11.2. The van der Waals surface area contributed by atoms with Crippen LogP contribution in [0.15, 0.2) is 242 Å². The van der Waals surface area contributed by atoms with Gasteiger partial charge in [0.05, 0.1) is 22.1 Å². The molecule has 0 saturated heterocycles. The van der Waals surface area contributed by atoms with E-state index in [0.29, 0.717) is 5.84 Å². The Balaban J connectivity index is 0.947. The van der Waals surface area contributed by atoms with E-state index in [-0.39, 0.29) is 0 Å².